The molecule has 7 heteroatoms. The molecule has 0 bridgehead atoms. The quantitative estimate of drug-likeness (QED) is 0.128. The number of pyridine rings is 2. The van der Waals surface area contributed by atoms with Crippen LogP contribution in [0.25, 0.3) is 50.2 Å². The van der Waals surface area contributed by atoms with Crippen molar-refractivity contribution in [1.29, 1.82) is 0 Å². The fourth-order valence-electron chi connectivity index (χ4n) is 6.84. The SMILES string of the molecule is CC(C)(C)c1cc(-[n+]2[c-]n(-c3[c-]c(Oc4[c-]c5c(cc4)c4ccccc4n5-c4cc(C(C)(C)C)ccn4)ccn3)c3ccccc32)cc(C(C)(C)C)c1.[Pt]. The standard InChI is InChI=1S/C47H45N5O.Pt/c1-45(2,3)31-20-22-49-44(27-31)52-39-15-11-10-14-37(39)38-19-18-35(28-42(38)52)53-36-21-23-48-43(29-36)51-30-50(40-16-12-13-17-41(40)51)34-25-32(46(4,5)6)24-33(26-34)47(7,8)9;/h10-27H,1-9H3;/q-2;. The van der Waals surface area contributed by atoms with E-state index in [1.54, 1.807) is 6.20 Å². The third kappa shape index (κ3) is 6.89. The maximum atomic E-state index is 6.50. The second kappa shape index (κ2) is 13.7. The smallest absolute Gasteiger partial charge is 0.269 e. The predicted molar refractivity (Wildman–Crippen MR) is 214 cm³/mol. The Morgan fingerprint density at radius 3 is 1.93 bits per heavy atom. The third-order valence-corrected chi connectivity index (χ3v) is 9.96. The minimum absolute atomic E-state index is 0. The zero-order valence-corrected chi connectivity index (χ0v) is 34.6. The number of nitrogens with zero attached hydrogens (tertiary/aromatic N) is 5. The van der Waals surface area contributed by atoms with Crippen molar-refractivity contribution in [3.05, 3.63) is 145 Å². The van der Waals surface area contributed by atoms with E-state index in [-0.39, 0.29) is 37.3 Å². The summed E-state index contributed by atoms with van der Waals surface area (Å²) in [6.45, 7) is 20.2. The molecular weight excluding hydrogens is 846 g/mol. The Bertz CT molecular complexity index is 2630. The second-order valence-corrected chi connectivity index (χ2v) is 17.0. The normalized spacial score (nSPS) is 12.4. The van der Waals surface area contributed by atoms with Crippen molar-refractivity contribution in [2.45, 2.75) is 78.6 Å². The molecule has 0 amide bonds. The van der Waals surface area contributed by atoms with Gasteiger partial charge in [-0.05, 0) is 74.4 Å². The van der Waals surface area contributed by atoms with Crippen molar-refractivity contribution >= 4 is 32.8 Å². The summed E-state index contributed by atoms with van der Waals surface area (Å²) in [7, 11) is 0. The van der Waals surface area contributed by atoms with Crippen LogP contribution in [0.2, 0.25) is 0 Å². The molecule has 0 aliphatic carbocycles. The van der Waals surface area contributed by atoms with Gasteiger partial charge in [-0.1, -0.05) is 123 Å². The van der Waals surface area contributed by atoms with Crippen molar-refractivity contribution in [1.82, 2.24) is 19.1 Å². The molecule has 0 atom stereocenters. The largest absolute Gasteiger partial charge is 0.522 e. The van der Waals surface area contributed by atoms with Gasteiger partial charge in [0.05, 0.1) is 22.5 Å². The molecule has 0 saturated heterocycles. The summed E-state index contributed by atoms with van der Waals surface area (Å²) < 4.78 is 12.8. The number of hydrogen-bond acceptors (Lipinski definition) is 3. The maximum absolute atomic E-state index is 6.50. The van der Waals surface area contributed by atoms with Crippen molar-refractivity contribution < 1.29 is 30.4 Å². The molecule has 4 aromatic heterocycles. The van der Waals surface area contributed by atoms with Gasteiger partial charge in [0.25, 0.3) is 6.33 Å². The number of hydrogen-bond donors (Lipinski definition) is 0. The fourth-order valence-corrected chi connectivity index (χ4v) is 6.84. The van der Waals surface area contributed by atoms with E-state index in [0.717, 1.165) is 44.3 Å². The summed E-state index contributed by atoms with van der Waals surface area (Å²) in [5.74, 6) is 2.54. The van der Waals surface area contributed by atoms with E-state index in [1.165, 1.54) is 16.7 Å². The molecule has 0 aliphatic rings. The van der Waals surface area contributed by atoms with Gasteiger partial charge in [0, 0.05) is 38.5 Å². The Morgan fingerprint density at radius 2 is 1.22 bits per heavy atom. The first-order valence-corrected chi connectivity index (χ1v) is 18.3. The average Bonchev–Trinajstić information content (AvgIpc) is 3.67. The van der Waals surface area contributed by atoms with E-state index in [9.17, 15) is 0 Å². The Labute approximate surface area is 332 Å². The van der Waals surface area contributed by atoms with E-state index >= 15 is 0 Å². The van der Waals surface area contributed by atoms with Gasteiger partial charge in [0.15, 0.2) is 0 Å². The number of fused-ring (bicyclic) bond motifs is 4. The Kier molecular flexibility index (Phi) is 9.42. The van der Waals surface area contributed by atoms with Gasteiger partial charge in [-0.15, -0.1) is 17.5 Å². The van der Waals surface area contributed by atoms with E-state index in [4.69, 9.17) is 14.7 Å². The van der Waals surface area contributed by atoms with Crippen LogP contribution < -0.4 is 9.30 Å². The summed E-state index contributed by atoms with van der Waals surface area (Å²) in [4.78, 5) is 9.56. The van der Waals surface area contributed by atoms with E-state index in [1.807, 2.05) is 29.0 Å². The average molecular weight is 891 g/mol. The summed E-state index contributed by atoms with van der Waals surface area (Å²) in [5.41, 5.74) is 8.74. The molecule has 276 valence electrons. The van der Waals surface area contributed by atoms with Gasteiger partial charge < -0.3 is 9.30 Å². The molecule has 0 unspecified atom stereocenters. The van der Waals surface area contributed by atoms with Gasteiger partial charge in [-0.25, -0.2) is 4.98 Å². The van der Waals surface area contributed by atoms with Crippen LogP contribution >= 0.6 is 0 Å². The van der Waals surface area contributed by atoms with Crippen LogP contribution in [0, 0.1) is 18.5 Å². The van der Waals surface area contributed by atoms with Crippen LogP contribution in [0.4, 0.5) is 0 Å². The molecule has 0 fully saturated rings. The minimum atomic E-state index is -0.0170. The summed E-state index contributed by atoms with van der Waals surface area (Å²) in [6.07, 6.45) is 7.26. The minimum Gasteiger partial charge on any atom is -0.522 e. The van der Waals surface area contributed by atoms with Gasteiger partial charge in [0.1, 0.15) is 5.82 Å². The number of rotatable bonds is 5. The van der Waals surface area contributed by atoms with Gasteiger partial charge in [0.2, 0.25) is 0 Å². The first-order chi connectivity index (χ1) is 25.1. The van der Waals surface area contributed by atoms with Crippen molar-refractivity contribution in [2.75, 3.05) is 0 Å². The third-order valence-electron chi connectivity index (χ3n) is 9.96. The molecule has 54 heavy (non-hydrogen) atoms. The molecule has 0 N–H and O–H groups in total. The molecule has 4 aromatic carbocycles. The topological polar surface area (TPSA) is 48.8 Å². The number of para-hydroxylation sites is 3. The molecule has 4 heterocycles. The van der Waals surface area contributed by atoms with Crippen LogP contribution in [0.15, 0.2) is 109 Å². The Hall–Kier alpha value is -5.06. The molecule has 0 aliphatic heterocycles. The molecule has 0 spiro atoms. The molecule has 8 aromatic rings. The summed E-state index contributed by atoms with van der Waals surface area (Å²) >= 11 is 0. The van der Waals surface area contributed by atoms with Crippen LogP contribution in [0.3, 0.4) is 0 Å². The van der Waals surface area contributed by atoms with Crippen LogP contribution in [0.1, 0.15) is 79.0 Å². The fraction of sp³-hybridized carbons (Fsp3) is 0.255. The first-order valence-electron chi connectivity index (χ1n) is 18.3. The Balaban J connectivity index is 0.00000450. The van der Waals surface area contributed by atoms with Crippen LogP contribution in [-0.2, 0) is 37.3 Å². The summed E-state index contributed by atoms with van der Waals surface area (Å²) in [5, 5.41) is 2.22. The predicted octanol–water partition coefficient (Wildman–Crippen LogP) is 10.9. The maximum Gasteiger partial charge on any atom is 0.269 e. The van der Waals surface area contributed by atoms with Gasteiger partial charge >= 0.3 is 0 Å². The Morgan fingerprint density at radius 1 is 0.593 bits per heavy atom. The number of benzene rings is 4. The van der Waals surface area contributed by atoms with Gasteiger partial charge in [-0.2, -0.15) is 18.2 Å². The zero-order valence-electron chi connectivity index (χ0n) is 32.4. The first kappa shape index (κ1) is 37.3. The number of imidazole rings is 1. The molecule has 6 nitrogen and oxygen atoms in total. The van der Waals surface area contributed by atoms with E-state index < -0.39 is 0 Å². The molecule has 0 saturated carbocycles. The monoisotopic (exact) mass is 890 g/mol. The summed E-state index contributed by atoms with van der Waals surface area (Å²) in [6, 6.07) is 40.8. The number of ether oxygens (including phenoxy) is 1. The molecule has 0 radical (unpaired) electrons. The second-order valence-electron chi connectivity index (χ2n) is 17.0. The number of aromatic nitrogens is 5. The van der Waals surface area contributed by atoms with Crippen LogP contribution in [-0.4, -0.2) is 19.1 Å². The van der Waals surface area contributed by atoms with Crippen molar-refractivity contribution in [3.8, 4) is 28.8 Å². The van der Waals surface area contributed by atoms with Crippen molar-refractivity contribution in [2.24, 2.45) is 0 Å². The zero-order chi connectivity index (χ0) is 37.3. The van der Waals surface area contributed by atoms with Crippen LogP contribution in [0.5, 0.6) is 11.5 Å². The molecular formula is C47H45N5OPt-2. The van der Waals surface area contributed by atoms with E-state index in [2.05, 4.69) is 169 Å². The van der Waals surface area contributed by atoms with E-state index in [0.29, 0.717) is 17.3 Å². The molecule has 8 rings (SSSR count). The van der Waals surface area contributed by atoms with Gasteiger partial charge in [-0.3, -0.25) is 14.1 Å². The van der Waals surface area contributed by atoms with Crippen molar-refractivity contribution in [3.63, 3.8) is 0 Å².